The number of hydrogen-bond acceptors (Lipinski definition) is 2. The number of halogens is 3. The molecule has 0 aliphatic rings. The van der Waals surface area contributed by atoms with Crippen LogP contribution in [0.15, 0.2) is 26.0 Å². The fourth-order valence-electron chi connectivity index (χ4n) is 1.75. The summed E-state index contributed by atoms with van der Waals surface area (Å²) < 4.78 is 28.3. The van der Waals surface area contributed by atoms with Gasteiger partial charge in [-0.3, -0.25) is 0 Å². The van der Waals surface area contributed by atoms with Crippen LogP contribution in [0.1, 0.15) is 25.3 Å². The minimum atomic E-state index is -3.53. The number of unbranched alkanes of at least 4 members (excludes halogenated alkanes) is 1. The molecule has 3 nitrogen and oxygen atoms in total. The molecule has 0 fully saturated rings. The van der Waals surface area contributed by atoms with Crippen molar-refractivity contribution in [3.05, 3.63) is 26.6 Å². The highest BCUT2D eigenvalue weighted by atomic mass is 79.9. The molecule has 0 atom stereocenters. The smallest absolute Gasteiger partial charge is 0.207 e. The normalized spacial score (nSPS) is 12.1. The quantitative estimate of drug-likeness (QED) is 0.575. The Hall–Kier alpha value is 0.380. The summed E-state index contributed by atoms with van der Waals surface area (Å²) in [6, 6.07) is 3.44. The highest BCUT2D eigenvalue weighted by Gasteiger charge is 2.26. The van der Waals surface area contributed by atoms with E-state index in [1.165, 1.54) is 4.31 Å². The maximum absolute atomic E-state index is 12.7. The van der Waals surface area contributed by atoms with E-state index in [1.54, 1.807) is 12.1 Å². The van der Waals surface area contributed by atoms with Crippen LogP contribution >= 0.6 is 43.5 Å². The number of alkyl halides is 1. The zero-order chi connectivity index (χ0) is 15.3. The van der Waals surface area contributed by atoms with Gasteiger partial charge in [0.2, 0.25) is 10.0 Å². The summed E-state index contributed by atoms with van der Waals surface area (Å²) in [5.41, 5.74) is 0.980. The zero-order valence-corrected chi connectivity index (χ0v) is 16.2. The van der Waals surface area contributed by atoms with Crippen LogP contribution in [0.25, 0.3) is 0 Å². The van der Waals surface area contributed by atoms with Gasteiger partial charge in [-0.25, -0.2) is 8.42 Å². The summed E-state index contributed by atoms with van der Waals surface area (Å²) in [5.74, 6) is 0.285. The molecule has 7 heteroatoms. The molecule has 0 N–H and O–H groups in total. The predicted octanol–water partition coefficient (Wildman–Crippen LogP) is 4.55. The highest BCUT2D eigenvalue weighted by molar-refractivity contribution is 9.11. The molecule has 0 unspecified atom stereocenters. The molecule has 0 aliphatic heterocycles. The lowest BCUT2D eigenvalue weighted by Gasteiger charge is -2.22. The van der Waals surface area contributed by atoms with E-state index in [0.29, 0.717) is 17.6 Å². The van der Waals surface area contributed by atoms with E-state index in [0.717, 1.165) is 22.9 Å². The van der Waals surface area contributed by atoms with Crippen molar-refractivity contribution in [2.75, 3.05) is 19.0 Å². The van der Waals surface area contributed by atoms with E-state index in [4.69, 9.17) is 11.6 Å². The van der Waals surface area contributed by atoms with Gasteiger partial charge in [-0.2, -0.15) is 4.31 Å². The first-order chi connectivity index (χ1) is 9.34. The van der Waals surface area contributed by atoms with Crippen LogP contribution in [0.5, 0.6) is 0 Å². The standard InChI is InChI=1S/C13H18Br2ClNO2S/c1-3-4-6-17(7-5-16)20(18,19)13-9-11(14)10(2)8-12(13)15/h8-9H,3-7H2,1-2H3. The molecular formula is C13H18Br2ClNO2S. The van der Waals surface area contributed by atoms with Crippen molar-refractivity contribution < 1.29 is 8.42 Å². The summed E-state index contributed by atoms with van der Waals surface area (Å²) in [4.78, 5) is 0.274. The molecule has 114 valence electrons. The second-order valence-electron chi connectivity index (χ2n) is 4.48. The number of hydrogen-bond donors (Lipinski definition) is 0. The average Bonchev–Trinajstić information content (AvgIpc) is 2.38. The van der Waals surface area contributed by atoms with Gasteiger partial charge in [0.15, 0.2) is 0 Å². The first kappa shape index (κ1) is 18.4. The molecular weight excluding hydrogens is 429 g/mol. The van der Waals surface area contributed by atoms with Crippen LogP contribution < -0.4 is 0 Å². The Morgan fingerprint density at radius 3 is 2.40 bits per heavy atom. The minimum Gasteiger partial charge on any atom is -0.207 e. The van der Waals surface area contributed by atoms with Crippen LogP contribution in [-0.4, -0.2) is 31.7 Å². The summed E-state index contributed by atoms with van der Waals surface area (Å²) in [6.45, 7) is 4.76. The number of aryl methyl sites for hydroxylation is 1. The van der Waals surface area contributed by atoms with E-state index in [-0.39, 0.29) is 10.8 Å². The Kier molecular flexibility index (Phi) is 7.49. The van der Waals surface area contributed by atoms with Gasteiger partial charge >= 0.3 is 0 Å². The van der Waals surface area contributed by atoms with Gasteiger partial charge in [0.05, 0.1) is 4.90 Å². The van der Waals surface area contributed by atoms with Crippen molar-refractivity contribution in [1.29, 1.82) is 0 Å². The fourth-order valence-corrected chi connectivity index (χ4v) is 5.17. The van der Waals surface area contributed by atoms with Crippen molar-refractivity contribution in [3.8, 4) is 0 Å². The molecule has 1 aromatic carbocycles. The summed E-state index contributed by atoms with van der Waals surface area (Å²) in [7, 11) is -3.53. The largest absolute Gasteiger partial charge is 0.244 e. The maximum atomic E-state index is 12.7. The van der Waals surface area contributed by atoms with Gasteiger partial charge in [-0.15, -0.1) is 11.6 Å². The topological polar surface area (TPSA) is 37.4 Å². The molecule has 0 saturated carbocycles. The number of rotatable bonds is 7. The number of benzene rings is 1. The first-order valence-electron chi connectivity index (χ1n) is 6.36. The molecule has 0 saturated heterocycles. The van der Waals surface area contributed by atoms with Gasteiger partial charge in [0, 0.05) is 27.9 Å². The van der Waals surface area contributed by atoms with Crippen molar-refractivity contribution in [3.63, 3.8) is 0 Å². The third-order valence-electron chi connectivity index (χ3n) is 2.93. The molecule has 0 aliphatic carbocycles. The van der Waals surface area contributed by atoms with Crippen LogP contribution in [0.4, 0.5) is 0 Å². The van der Waals surface area contributed by atoms with Crippen molar-refractivity contribution in [2.24, 2.45) is 0 Å². The van der Waals surface area contributed by atoms with E-state index < -0.39 is 10.0 Å². The highest BCUT2D eigenvalue weighted by Crippen LogP contribution is 2.31. The van der Waals surface area contributed by atoms with Gasteiger partial charge in [0.1, 0.15) is 0 Å². The van der Waals surface area contributed by atoms with Crippen molar-refractivity contribution in [1.82, 2.24) is 4.31 Å². The molecule has 0 radical (unpaired) electrons. The average molecular weight is 448 g/mol. The SMILES string of the molecule is CCCCN(CCCl)S(=O)(=O)c1cc(Br)c(C)cc1Br. The summed E-state index contributed by atoms with van der Waals surface area (Å²) in [5, 5.41) is 0. The second-order valence-corrected chi connectivity index (χ2v) is 8.47. The second kappa shape index (κ2) is 8.13. The van der Waals surface area contributed by atoms with E-state index >= 15 is 0 Å². The fraction of sp³-hybridized carbons (Fsp3) is 0.538. The minimum absolute atomic E-state index is 0.274. The Bertz CT molecular complexity index is 564. The Balaban J connectivity index is 3.22. The lowest BCUT2D eigenvalue weighted by Crippen LogP contribution is -2.34. The van der Waals surface area contributed by atoms with Crippen LogP contribution in [-0.2, 0) is 10.0 Å². The van der Waals surface area contributed by atoms with Crippen molar-refractivity contribution >= 4 is 53.5 Å². The molecule has 0 aromatic heterocycles. The number of sulfonamides is 1. The predicted molar refractivity (Wildman–Crippen MR) is 91.0 cm³/mol. The Morgan fingerprint density at radius 2 is 1.85 bits per heavy atom. The van der Waals surface area contributed by atoms with Gasteiger partial charge < -0.3 is 0 Å². The van der Waals surface area contributed by atoms with Crippen LogP contribution in [0.3, 0.4) is 0 Å². The maximum Gasteiger partial charge on any atom is 0.244 e. The zero-order valence-electron chi connectivity index (χ0n) is 11.5. The van der Waals surface area contributed by atoms with E-state index in [2.05, 4.69) is 31.9 Å². The lowest BCUT2D eigenvalue weighted by molar-refractivity contribution is 0.420. The summed E-state index contributed by atoms with van der Waals surface area (Å²) >= 11 is 12.5. The van der Waals surface area contributed by atoms with Crippen molar-refractivity contribution in [2.45, 2.75) is 31.6 Å². The Morgan fingerprint density at radius 1 is 1.20 bits per heavy atom. The molecule has 0 heterocycles. The third-order valence-corrected chi connectivity index (χ3v) is 6.81. The molecule has 0 bridgehead atoms. The van der Waals surface area contributed by atoms with Gasteiger partial charge in [-0.1, -0.05) is 29.3 Å². The Labute approximate surface area is 143 Å². The molecule has 0 amide bonds. The van der Waals surface area contributed by atoms with Gasteiger partial charge in [0.25, 0.3) is 0 Å². The van der Waals surface area contributed by atoms with Gasteiger partial charge in [-0.05, 0) is 47.0 Å². The monoisotopic (exact) mass is 445 g/mol. The molecule has 20 heavy (non-hydrogen) atoms. The number of nitrogens with zero attached hydrogens (tertiary/aromatic N) is 1. The first-order valence-corrected chi connectivity index (χ1v) is 9.92. The van der Waals surface area contributed by atoms with Crippen LogP contribution in [0.2, 0.25) is 0 Å². The lowest BCUT2D eigenvalue weighted by atomic mass is 10.2. The third kappa shape index (κ3) is 4.44. The molecule has 1 aromatic rings. The van der Waals surface area contributed by atoms with E-state index in [9.17, 15) is 8.42 Å². The summed E-state index contributed by atoms with van der Waals surface area (Å²) in [6.07, 6.45) is 1.76. The molecule has 1 rings (SSSR count). The van der Waals surface area contributed by atoms with Crippen LogP contribution in [0, 0.1) is 6.92 Å². The molecule has 0 spiro atoms. The van der Waals surface area contributed by atoms with E-state index in [1.807, 2.05) is 13.8 Å².